The lowest BCUT2D eigenvalue weighted by Crippen LogP contribution is -2.37. The fourth-order valence-electron chi connectivity index (χ4n) is 3.90. The van der Waals surface area contributed by atoms with Gasteiger partial charge in [-0.15, -0.1) is 0 Å². The second-order valence-electron chi connectivity index (χ2n) is 8.64. The lowest BCUT2D eigenvalue weighted by Gasteiger charge is -2.30. The summed E-state index contributed by atoms with van der Waals surface area (Å²) in [5.74, 6) is 0.741. The van der Waals surface area contributed by atoms with E-state index >= 15 is 0 Å². The van der Waals surface area contributed by atoms with Gasteiger partial charge in [-0.3, -0.25) is 4.79 Å². The maximum Gasteiger partial charge on any atom is 0.226 e. The number of hydrogen-bond donors (Lipinski definition) is 1. The molecule has 4 nitrogen and oxygen atoms in total. The molecule has 0 spiro atoms. The summed E-state index contributed by atoms with van der Waals surface area (Å²) in [6.45, 7) is 14.8. The third kappa shape index (κ3) is 6.61. The number of ether oxygens (including phenoxy) is 1. The highest BCUT2D eigenvalue weighted by atomic mass is 16.5. The van der Waals surface area contributed by atoms with Gasteiger partial charge in [0.05, 0.1) is 0 Å². The van der Waals surface area contributed by atoms with Gasteiger partial charge < -0.3 is 14.7 Å². The van der Waals surface area contributed by atoms with Crippen molar-refractivity contribution in [3.8, 4) is 11.5 Å². The molecule has 1 amide bonds. The monoisotopic (exact) mass is 423 g/mol. The van der Waals surface area contributed by atoms with Crippen molar-refractivity contribution in [2.45, 2.75) is 66.0 Å². The zero-order valence-electron chi connectivity index (χ0n) is 19.6. The average Bonchev–Trinajstić information content (AvgIpc) is 2.71. The van der Waals surface area contributed by atoms with E-state index in [1.54, 1.807) is 12.1 Å². The molecular formula is C27H37NO3. The second kappa shape index (κ2) is 11.0. The van der Waals surface area contributed by atoms with Gasteiger partial charge >= 0.3 is 0 Å². The minimum absolute atomic E-state index is 0.00385. The largest absolute Gasteiger partial charge is 0.504 e. The summed E-state index contributed by atoms with van der Waals surface area (Å²) in [5.41, 5.74) is 2.27. The molecule has 0 fully saturated rings. The summed E-state index contributed by atoms with van der Waals surface area (Å²) in [5, 5.41) is 10.6. The first-order chi connectivity index (χ1) is 14.7. The van der Waals surface area contributed by atoms with Gasteiger partial charge in [0.15, 0.2) is 11.5 Å². The van der Waals surface area contributed by atoms with Crippen molar-refractivity contribution in [1.29, 1.82) is 0 Å². The number of hydrogen-bond acceptors (Lipinski definition) is 3. The number of rotatable bonds is 10. The average molecular weight is 424 g/mol. The third-order valence-electron chi connectivity index (χ3n) is 5.44. The Morgan fingerprint density at radius 1 is 1.32 bits per heavy atom. The molecule has 0 aliphatic carbocycles. The van der Waals surface area contributed by atoms with Gasteiger partial charge in [-0.25, -0.2) is 0 Å². The Labute approximate surface area is 187 Å². The highest BCUT2D eigenvalue weighted by Crippen LogP contribution is 2.39. The molecule has 1 unspecified atom stereocenters. The fourth-order valence-corrected chi connectivity index (χ4v) is 3.90. The fraction of sp³-hybridized carbons (Fsp3) is 0.444. The molecular weight excluding hydrogens is 386 g/mol. The van der Waals surface area contributed by atoms with Crippen LogP contribution in [0.3, 0.4) is 0 Å². The van der Waals surface area contributed by atoms with Crippen LogP contribution in [0.5, 0.6) is 11.5 Å². The van der Waals surface area contributed by atoms with E-state index in [0.717, 1.165) is 36.0 Å². The smallest absolute Gasteiger partial charge is 0.226 e. The molecule has 0 aromatic heterocycles. The molecule has 0 saturated carbocycles. The predicted octanol–water partition coefficient (Wildman–Crippen LogP) is 6.42. The number of benzene rings is 1. The van der Waals surface area contributed by atoms with Crippen LogP contribution in [0.15, 0.2) is 54.7 Å². The van der Waals surface area contributed by atoms with Gasteiger partial charge in [-0.2, -0.15) is 0 Å². The molecule has 4 heteroatoms. The normalized spacial score (nSPS) is 16.0. The van der Waals surface area contributed by atoms with Gasteiger partial charge in [0.25, 0.3) is 0 Å². The number of fused-ring (bicyclic) bond motifs is 1. The molecule has 2 rings (SSSR count). The first-order valence-electron chi connectivity index (χ1n) is 11.2. The van der Waals surface area contributed by atoms with Crippen LogP contribution in [-0.4, -0.2) is 28.1 Å². The van der Waals surface area contributed by atoms with Crippen molar-refractivity contribution in [3.63, 3.8) is 0 Å². The van der Waals surface area contributed by atoms with Gasteiger partial charge in [-0.1, -0.05) is 57.2 Å². The molecule has 31 heavy (non-hydrogen) atoms. The van der Waals surface area contributed by atoms with E-state index in [9.17, 15) is 9.90 Å². The van der Waals surface area contributed by atoms with Gasteiger partial charge in [-0.05, 0) is 63.0 Å². The standard InChI is InChI=1S/C27H37NO3/c1-7-11-20(12-8-2)18-28(26(30)22(10-4)13-9-3)19-21-16-23-14-15-27(5,6)31-25(23)24(29)17-21/h7-8,11-12,14-17,22,29H,1,9-10,13,18-19H2,2-6H3/b12-8-,20-11+. The molecule has 168 valence electrons. The SMILES string of the molecule is C=C/C=C(\C=C/C)CN(Cc1cc(O)c2c(c1)C=CC(C)(C)O2)C(=O)C(CC)CCC. The summed E-state index contributed by atoms with van der Waals surface area (Å²) in [4.78, 5) is 15.3. The van der Waals surface area contributed by atoms with Crippen molar-refractivity contribution in [2.75, 3.05) is 6.54 Å². The lowest BCUT2D eigenvalue weighted by molar-refractivity contribution is -0.136. The molecule has 1 aromatic carbocycles. The summed E-state index contributed by atoms with van der Waals surface area (Å²) in [6.07, 6.45) is 14.3. The molecule has 0 saturated heterocycles. The van der Waals surface area contributed by atoms with E-state index in [0.29, 0.717) is 18.8 Å². The Morgan fingerprint density at radius 3 is 2.68 bits per heavy atom. The van der Waals surface area contributed by atoms with E-state index < -0.39 is 5.60 Å². The molecule has 0 radical (unpaired) electrons. The van der Waals surface area contributed by atoms with E-state index in [2.05, 4.69) is 20.4 Å². The molecule has 1 heterocycles. The van der Waals surface area contributed by atoms with Crippen molar-refractivity contribution in [3.05, 3.63) is 65.8 Å². The number of phenolic OH excluding ortho intramolecular Hbond substituents is 1. The molecule has 1 aliphatic rings. The van der Waals surface area contributed by atoms with Gasteiger partial charge in [0.1, 0.15) is 5.60 Å². The topological polar surface area (TPSA) is 49.8 Å². The van der Waals surface area contributed by atoms with E-state index in [-0.39, 0.29) is 17.6 Å². The number of nitrogens with zero attached hydrogens (tertiary/aromatic N) is 1. The van der Waals surface area contributed by atoms with Crippen LogP contribution in [0.2, 0.25) is 0 Å². The number of phenols is 1. The van der Waals surface area contributed by atoms with Gasteiger partial charge in [0.2, 0.25) is 5.91 Å². The third-order valence-corrected chi connectivity index (χ3v) is 5.44. The number of aromatic hydroxyl groups is 1. The maximum atomic E-state index is 13.4. The second-order valence-corrected chi connectivity index (χ2v) is 8.64. The molecule has 1 aliphatic heterocycles. The van der Waals surface area contributed by atoms with Crippen molar-refractivity contribution in [2.24, 2.45) is 5.92 Å². The molecule has 1 aromatic rings. The number of carbonyl (C=O) groups is 1. The van der Waals surface area contributed by atoms with Crippen LogP contribution < -0.4 is 4.74 Å². The Balaban J connectivity index is 2.38. The Bertz CT molecular complexity index is 877. The van der Waals surface area contributed by atoms with Crippen LogP contribution in [0.4, 0.5) is 0 Å². The summed E-state index contributed by atoms with van der Waals surface area (Å²) < 4.78 is 5.93. The number of amides is 1. The Hall–Kier alpha value is -2.75. The molecule has 1 atom stereocenters. The minimum Gasteiger partial charge on any atom is -0.504 e. The number of allylic oxidation sites excluding steroid dienone is 3. The number of carbonyl (C=O) groups excluding carboxylic acids is 1. The first kappa shape index (κ1) is 24.5. The quantitative estimate of drug-likeness (QED) is 0.442. The zero-order valence-corrected chi connectivity index (χ0v) is 19.6. The van der Waals surface area contributed by atoms with Crippen molar-refractivity contribution < 1.29 is 14.6 Å². The van der Waals surface area contributed by atoms with E-state index in [1.165, 1.54) is 0 Å². The van der Waals surface area contributed by atoms with E-state index in [1.807, 2.05) is 62.1 Å². The van der Waals surface area contributed by atoms with Crippen LogP contribution in [0.1, 0.15) is 65.0 Å². The summed E-state index contributed by atoms with van der Waals surface area (Å²) in [6, 6.07) is 3.70. The minimum atomic E-state index is -0.459. The molecule has 1 N–H and O–H groups in total. The first-order valence-corrected chi connectivity index (χ1v) is 11.2. The Kier molecular flexibility index (Phi) is 8.73. The van der Waals surface area contributed by atoms with Crippen LogP contribution >= 0.6 is 0 Å². The van der Waals surface area contributed by atoms with Crippen molar-refractivity contribution >= 4 is 12.0 Å². The summed E-state index contributed by atoms with van der Waals surface area (Å²) >= 11 is 0. The lowest BCUT2D eigenvalue weighted by atomic mass is 9.97. The highest BCUT2D eigenvalue weighted by molar-refractivity contribution is 5.79. The molecule has 0 bridgehead atoms. The highest BCUT2D eigenvalue weighted by Gasteiger charge is 2.26. The Morgan fingerprint density at radius 2 is 2.06 bits per heavy atom. The maximum absolute atomic E-state index is 13.4. The van der Waals surface area contributed by atoms with Crippen LogP contribution in [0.25, 0.3) is 6.08 Å². The van der Waals surface area contributed by atoms with Crippen LogP contribution in [0, 0.1) is 5.92 Å². The van der Waals surface area contributed by atoms with E-state index in [4.69, 9.17) is 4.74 Å². The van der Waals surface area contributed by atoms with Crippen LogP contribution in [-0.2, 0) is 11.3 Å². The predicted molar refractivity (Wildman–Crippen MR) is 129 cm³/mol. The van der Waals surface area contributed by atoms with Crippen molar-refractivity contribution in [1.82, 2.24) is 4.90 Å². The van der Waals surface area contributed by atoms with Gasteiger partial charge in [0, 0.05) is 24.6 Å². The summed E-state index contributed by atoms with van der Waals surface area (Å²) in [7, 11) is 0. The zero-order chi connectivity index (χ0) is 23.0.